The summed E-state index contributed by atoms with van der Waals surface area (Å²) in [5.41, 5.74) is 1.34. The largest absolute Gasteiger partial charge is 0.507 e. The maximum absolute atomic E-state index is 13.5. The van der Waals surface area contributed by atoms with Gasteiger partial charge in [-0.25, -0.2) is 9.78 Å². The summed E-state index contributed by atoms with van der Waals surface area (Å²) in [6, 6.07) is 9.19. The number of ether oxygens (including phenoxy) is 2. The smallest absolute Gasteiger partial charge is 0.421 e. The minimum Gasteiger partial charge on any atom is -0.421 e. The van der Waals surface area contributed by atoms with Crippen molar-refractivity contribution in [2.24, 2.45) is 7.05 Å². The highest BCUT2D eigenvalue weighted by Crippen LogP contribution is 2.47. The summed E-state index contributed by atoms with van der Waals surface area (Å²) in [4.78, 5) is 33.2. The number of benzene rings is 1. The van der Waals surface area contributed by atoms with Crippen LogP contribution in [0.25, 0.3) is 0 Å². The van der Waals surface area contributed by atoms with Crippen LogP contribution in [0.4, 0.5) is 45.4 Å². The molecule has 3 amide bonds. The monoisotopic (exact) mass is 572 g/mol. The van der Waals surface area contributed by atoms with Gasteiger partial charge in [0, 0.05) is 49.6 Å². The van der Waals surface area contributed by atoms with Gasteiger partial charge in [0.25, 0.3) is 5.91 Å². The van der Waals surface area contributed by atoms with Crippen LogP contribution in [-0.2, 0) is 13.6 Å². The van der Waals surface area contributed by atoms with Gasteiger partial charge in [0.15, 0.2) is 11.5 Å². The number of hydrogen-bond donors (Lipinski definition) is 4. The lowest BCUT2D eigenvalue weighted by Gasteiger charge is -2.31. The van der Waals surface area contributed by atoms with Crippen LogP contribution >= 0.6 is 0 Å². The minimum absolute atomic E-state index is 0.0111. The molecule has 3 aromatic heterocycles. The summed E-state index contributed by atoms with van der Waals surface area (Å²) in [6.07, 6.45) is -3.89. The Hall–Kier alpha value is -5.41. The fourth-order valence-electron chi connectivity index (χ4n) is 3.71. The molecule has 0 spiro atoms. The van der Waals surface area contributed by atoms with Crippen molar-refractivity contribution in [1.82, 2.24) is 19.7 Å². The molecule has 1 aromatic carbocycles. The second-order valence-electron chi connectivity index (χ2n) is 8.60. The normalized spacial score (nSPS) is 14.6. The van der Waals surface area contributed by atoms with Gasteiger partial charge in [0.05, 0.1) is 6.20 Å². The first-order chi connectivity index (χ1) is 19.5. The number of alkyl halides is 4. The van der Waals surface area contributed by atoms with Gasteiger partial charge >= 0.3 is 18.2 Å². The molecule has 4 N–H and O–H groups in total. The van der Waals surface area contributed by atoms with Crippen LogP contribution in [0, 0.1) is 0 Å². The van der Waals surface area contributed by atoms with Crippen LogP contribution in [0.5, 0.6) is 11.5 Å². The first kappa shape index (κ1) is 27.2. The molecule has 4 aromatic rings. The third-order valence-electron chi connectivity index (χ3n) is 5.66. The van der Waals surface area contributed by atoms with E-state index in [0.717, 1.165) is 12.1 Å². The van der Waals surface area contributed by atoms with Gasteiger partial charge < -0.3 is 25.4 Å². The van der Waals surface area contributed by atoms with Crippen LogP contribution < -0.4 is 30.7 Å². The van der Waals surface area contributed by atoms with Crippen molar-refractivity contribution in [3.05, 3.63) is 78.4 Å². The van der Waals surface area contributed by atoms with Crippen molar-refractivity contribution >= 4 is 34.9 Å². The maximum atomic E-state index is 13.5. The number of nitrogens with zero attached hydrogens (tertiary/aromatic N) is 4. The molecule has 0 saturated heterocycles. The number of anilines is 4. The Labute approximate surface area is 228 Å². The molecular formula is C25H20F4N8O4. The van der Waals surface area contributed by atoms with Gasteiger partial charge in [-0.1, -0.05) is 0 Å². The highest BCUT2D eigenvalue weighted by Gasteiger charge is 2.65. The summed E-state index contributed by atoms with van der Waals surface area (Å²) >= 11 is 0. The van der Waals surface area contributed by atoms with Crippen LogP contribution in [0.15, 0.2) is 67.3 Å². The van der Waals surface area contributed by atoms with E-state index in [1.165, 1.54) is 35.5 Å². The molecule has 0 fully saturated rings. The Balaban J connectivity index is 1.23. The molecule has 0 atom stereocenters. The molecule has 0 bridgehead atoms. The quantitative estimate of drug-likeness (QED) is 0.234. The molecule has 12 nitrogen and oxygen atoms in total. The van der Waals surface area contributed by atoms with E-state index in [4.69, 9.17) is 0 Å². The fourth-order valence-corrected chi connectivity index (χ4v) is 3.71. The molecule has 0 aliphatic carbocycles. The second-order valence-corrected chi connectivity index (χ2v) is 8.60. The average Bonchev–Trinajstić information content (AvgIpc) is 3.29. The Morgan fingerprint density at radius 2 is 1.61 bits per heavy atom. The Morgan fingerprint density at radius 1 is 0.878 bits per heavy atom. The average molecular weight is 572 g/mol. The third-order valence-corrected chi connectivity index (χ3v) is 5.66. The van der Waals surface area contributed by atoms with E-state index in [0.29, 0.717) is 17.1 Å². The molecular weight excluding hydrogens is 552 g/mol. The molecule has 0 unspecified atom stereocenters. The number of hydrogen-bond acceptors (Lipinski definition) is 8. The number of aromatic nitrogens is 4. The predicted octanol–water partition coefficient (Wildman–Crippen LogP) is 4.68. The molecule has 5 rings (SSSR count). The summed E-state index contributed by atoms with van der Waals surface area (Å²) in [7, 11) is 1.59. The lowest BCUT2D eigenvalue weighted by molar-refractivity contribution is -0.391. The van der Waals surface area contributed by atoms with Gasteiger partial charge in [-0.3, -0.25) is 19.8 Å². The van der Waals surface area contributed by atoms with Crippen molar-refractivity contribution in [2.45, 2.75) is 18.8 Å². The highest BCUT2D eigenvalue weighted by atomic mass is 19.3. The maximum Gasteiger partial charge on any atom is 0.507 e. The lowest BCUT2D eigenvalue weighted by atomic mass is 10.2. The molecule has 41 heavy (non-hydrogen) atoms. The Morgan fingerprint density at radius 3 is 2.37 bits per heavy atom. The molecule has 1 aliphatic rings. The second kappa shape index (κ2) is 10.6. The van der Waals surface area contributed by atoms with E-state index >= 15 is 0 Å². The fraction of sp³-hybridized carbons (Fsp3) is 0.160. The number of carbonyl (C=O) groups is 2. The number of carbonyl (C=O) groups excluding carboxylic acids is 2. The summed E-state index contributed by atoms with van der Waals surface area (Å²) in [5, 5.41) is 14.9. The van der Waals surface area contributed by atoms with Gasteiger partial charge in [0.1, 0.15) is 17.2 Å². The number of pyridine rings is 2. The Bertz CT molecular complexity index is 1600. The molecule has 16 heteroatoms. The molecule has 0 radical (unpaired) electrons. The highest BCUT2D eigenvalue weighted by molar-refractivity contribution is 6.07. The summed E-state index contributed by atoms with van der Waals surface area (Å²) in [6.45, 7) is 0.205. The van der Waals surface area contributed by atoms with Crippen molar-refractivity contribution < 1.29 is 36.6 Å². The first-order valence-electron chi connectivity index (χ1n) is 11.8. The van der Waals surface area contributed by atoms with Crippen molar-refractivity contribution in [3.8, 4) is 11.5 Å². The van der Waals surface area contributed by atoms with E-state index in [2.05, 4.69) is 45.8 Å². The van der Waals surface area contributed by atoms with Crippen molar-refractivity contribution in [2.75, 3.05) is 21.3 Å². The first-order valence-corrected chi connectivity index (χ1v) is 11.8. The SMILES string of the molecule is Cn1ncc(C(=O)Nc2ccc3c(c2)OC(F)(F)C(F)(F)O3)c1NCc1ccnc(NC(=O)Nc2ccncc2)c1. The van der Waals surface area contributed by atoms with E-state index in [1.54, 1.807) is 31.3 Å². The van der Waals surface area contributed by atoms with Gasteiger partial charge in [-0.2, -0.15) is 22.7 Å². The van der Waals surface area contributed by atoms with Crippen LogP contribution in [0.1, 0.15) is 15.9 Å². The molecule has 4 heterocycles. The van der Waals surface area contributed by atoms with Crippen LogP contribution in [0.2, 0.25) is 0 Å². The Kier molecular flexibility index (Phi) is 7.04. The van der Waals surface area contributed by atoms with Crippen LogP contribution in [-0.4, -0.2) is 43.9 Å². The zero-order valence-corrected chi connectivity index (χ0v) is 21.0. The number of halogens is 4. The summed E-state index contributed by atoms with van der Waals surface area (Å²) < 4.78 is 63.4. The number of urea groups is 1. The van der Waals surface area contributed by atoms with E-state index in [9.17, 15) is 27.2 Å². The lowest BCUT2D eigenvalue weighted by Crippen LogP contribution is -2.52. The number of aryl methyl sites for hydroxylation is 1. The zero-order valence-electron chi connectivity index (χ0n) is 21.0. The van der Waals surface area contributed by atoms with E-state index < -0.39 is 35.7 Å². The standard InChI is InChI=1S/C25H20F4N8O4/c1-37-21(32-12-14-4-9-31-20(10-14)36-23(39)35-15-5-7-30-8-6-15)17(13-33-37)22(38)34-16-2-3-18-19(11-16)41-25(28,29)24(26,27)40-18/h2-11,13,32H,12H2,1H3,(H,34,38)(H2,30,31,35,36,39). The summed E-state index contributed by atoms with van der Waals surface area (Å²) in [5.74, 6) is -1.35. The minimum atomic E-state index is -4.89. The van der Waals surface area contributed by atoms with Gasteiger partial charge in [-0.05, 0) is 42.0 Å². The van der Waals surface area contributed by atoms with Crippen molar-refractivity contribution in [1.29, 1.82) is 0 Å². The molecule has 1 aliphatic heterocycles. The number of fused-ring (bicyclic) bond motifs is 1. The molecule has 0 saturated carbocycles. The van der Waals surface area contributed by atoms with Gasteiger partial charge in [-0.15, -0.1) is 0 Å². The zero-order chi connectivity index (χ0) is 29.2. The number of rotatable bonds is 7. The topological polar surface area (TPSA) is 144 Å². The van der Waals surface area contributed by atoms with Crippen molar-refractivity contribution in [3.63, 3.8) is 0 Å². The van der Waals surface area contributed by atoms with Gasteiger partial charge in [0.2, 0.25) is 0 Å². The van der Waals surface area contributed by atoms with Crippen LogP contribution in [0.3, 0.4) is 0 Å². The third kappa shape index (κ3) is 5.95. The number of nitrogens with one attached hydrogen (secondary N) is 4. The van der Waals surface area contributed by atoms with E-state index in [1.807, 2.05) is 0 Å². The molecule has 212 valence electrons. The predicted molar refractivity (Wildman–Crippen MR) is 137 cm³/mol. The van der Waals surface area contributed by atoms with E-state index in [-0.39, 0.29) is 23.6 Å². The number of amides is 3.